The van der Waals surface area contributed by atoms with Crippen LogP contribution in [0.3, 0.4) is 0 Å². The van der Waals surface area contributed by atoms with Crippen molar-refractivity contribution in [3.8, 4) is 17.6 Å². The molecular formula is C27H28N4O5S. The number of rotatable bonds is 7. The van der Waals surface area contributed by atoms with Crippen molar-refractivity contribution in [2.45, 2.75) is 4.90 Å². The molecule has 0 radical (unpaired) electrons. The quantitative estimate of drug-likeness (QED) is 0.471. The van der Waals surface area contributed by atoms with Gasteiger partial charge in [-0.2, -0.15) is 5.26 Å². The first-order valence-corrected chi connectivity index (χ1v) is 13.1. The molecule has 0 N–H and O–H groups in total. The largest absolute Gasteiger partial charge is 0.497 e. The van der Waals surface area contributed by atoms with E-state index in [1.165, 1.54) is 17.4 Å². The van der Waals surface area contributed by atoms with E-state index >= 15 is 0 Å². The van der Waals surface area contributed by atoms with E-state index in [9.17, 15) is 13.2 Å². The molecule has 37 heavy (non-hydrogen) atoms. The van der Waals surface area contributed by atoms with Crippen LogP contribution in [0.4, 0.5) is 11.4 Å². The molecule has 9 nitrogen and oxygen atoms in total. The summed E-state index contributed by atoms with van der Waals surface area (Å²) in [5.74, 6) is 1.05. The van der Waals surface area contributed by atoms with Gasteiger partial charge in [-0.1, -0.05) is 6.07 Å². The molecule has 1 amide bonds. The Balaban J connectivity index is 1.53. The highest BCUT2D eigenvalue weighted by Crippen LogP contribution is 2.34. The van der Waals surface area contributed by atoms with E-state index in [1.807, 2.05) is 4.90 Å². The van der Waals surface area contributed by atoms with E-state index in [1.54, 1.807) is 79.8 Å². The summed E-state index contributed by atoms with van der Waals surface area (Å²) in [5, 5.41) is 9.12. The van der Waals surface area contributed by atoms with Gasteiger partial charge in [0.25, 0.3) is 15.9 Å². The van der Waals surface area contributed by atoms with E-state index in [0.717, 1.165) is 0 Å². The summed E-state index contributed by atoms with van der Waals surface area (Å²) in [6.45, 7) is 1.89. The van der Waals surface area contributed by atoms with Gasteiger partial charge in [-0.3, -0.25) is 9.10 Å². The molecule has 192 valence electrons. The summed E-state index contributed by atoms with van der Waals surface area (Å²) in [6.07, 6.45) is 0. The molecular weight excluding hydrogens is 492 g/mol. The number of benzene rings is 3. The van der Waals surface area contributed by atoms with Crippen molar-refractivity contribution in [3.05, 3.63) is 77.9 Å². The highest BCUT2D eigenvalue weighted by Gasteiger charge is 2.27. The zero-order valence-electron chi connectivity index (χ0n) is 20.9. The summed E-state index contributed by atoms with van der Waals surface area (Å²) in [5.41, 5.74) is 2.06. The number of anilines is 2. The van der Waals surface area contributed by atoms with Gasteiger partial charge in [0.15, 0.2) is 0 Å². The summed E-state index contributed by atoms with van der Waals surface area (Å²) < 4.78 is 38.8. The van der Waals surface area contributed by atoms with Gasteiger partial charge >= 0.3 is 0 Å². The fourth-order valence-corrected chi connectivity index (χ4v) is 5.44. The third kappa shape index (κ3) is 5.32. The van der Waals surface area contributed by atoms with Crippen LogP contribution in [-0.2, 0) is 10.0 Å². The van der Waals surface area contributed by atoms with E-state index in [0.29, 0.717) is 60.2 Å². The lowest BCUT2D eigenvalue weighted by molar-refractivity contribution is 0.0746. The zero-order valence-corrected chi connectivity index (χ0v) is 21.7. The average molecular weight is 521 g/mol. The van der Waals surface area contributed by atoms with Crippen LogP contribution in [0.5, 0.6) is 11.5 Å². The maximum Gasteiger partial charge on any atom is 0.264 e. The molecule has 3 aromatic carbocycles. The standard InChI is InChI=1S/C27H28N4O5S/c1-29(22-7-9-23(35-2)10-8-22)37(33,34)24-11-12-26(36-3)25(18-24)30-13-15-31(16-14-30)27(32)21-6-4-5-20(17-21)19-28/h4-12,17-18H,13-16H2,1-3H3. The number of nitriles is 1. The summed E-state index contributed by atoms with van der Waals surface area (Å²) in [6, 6.07) is 20.3. The lowest BCUT2D eigenvalue weighted by Crippen LogP contribution is -2.49. The molecule has 1 saturated heterocycles. The second-order valence-corrected chi connectivity index (χ2v) is 10.4. The van der Waals surface area contributed by atoms with Gasteiger partial charge < -0.3 is 19.3 Å². The topological polar surface area (TPSA) is 103 Å². The summed E-state index contributed by atoms with van der Waals surface area (Å²) >= 11 is 0. The van der Waals surface area contributed by atoms with Crippen LogP contribution < -0.4 is 18.7 Å². The molecule has 0 saturated carbocycles. The summed E-state index contributed by atoms with van der Waals surface area (Å²) in [4.78, 5) is 16.8. The molecule has 1 heterocycles. The molecule has 0 spiro atoms. The van der Waals surface area contributed by atoms with E-state index in [-0.39, 0.29) is 10.8 Å². The smallest absolute Gasteiger partial charge is 0.264 e. The molecule has 0 aromatic heterocycles. The Morgan fingerprint density at radius 1 is 0.946 bits per heavy atom. The monoisotopic (exact) mass is 520 g/mol. The van der Waals surface area contributed by atoms with E-state index in [2.05, 4.69) is 6.07 Å². The third-order valence-corrected chi connectivity index (χ3v) is 8.17. The molecule has 0 bridgehead atoms. The maximum absolute atomic E-state index is 13.4. The van der Waals surface area contributed by atoms with Crippen molar-refractivity contribution in [2.75, 3.05) is 56.7 Å². The minimum atomic E-state index is -3.85. The number of piperazine rings is 1. The number of hydrogen-bond acceptors (Lipinski definition) is 7. The van der Waals surface area contributed by atoms with Crippen LogP contribution in [0.2, 0.25) is 0 Å². The second-order valence-electron chi connectivity index (χ2n) is 8.48. The molecule has 0 atom stereocenters. The van der Waals surface area contributed by atoms with Crippen LogP contribution in [0.1, 0.15) is 15.9 Å². The van der Waals surface area contributed by atoms with Crippen LogP contribution in [0.25, 0.3) is 0 Å². The van der Waals surface area contributed by atoms with E-state index < -0.39 is 10.0 Å². The minimum Gasteiger partial charge on any atom is -0.497 e. The van der Waals surface area contributed by atoms with Gasteiger partial charge in [0.1, 0.15) is 11.5 Å². The molecule has 0 unspecified atom stereocenters. The molecule has 1 aliphatic heterocycles. The molecule has 4 rings (SSSR count). The second kappa shape index (κ2) is 10.8. The SMILES string of the molecule is COc1ccc(N(C)S(=O)(=O)c2ccc(OC)c(N3CCN(C(=O)c4cccc(C#N)c4)CC3)c2)cc1. The number of carbonyl (C=O) groups is 1. The molecule has 10 heteroatoms. The fraction of sp³-hybridized carbons (Fsp3) is 0.259. The Kier molecular flexibility index (Phi) is 7.55. The predicted molar refractivity (Wildman–Crippen MR) is 141 cm³/mol. The zero-order chi connectivity index (χ0) is 26.6. The highest BCUT2D eigenvalue weighted by molar-refractivity contribution is 7.92. The number of sulfonamides is 1. The van der Waals surface area contributed by atoms with Crippen molar-refractivity contribution >= 4 is 27.3 Å². The first-order valence-electron chi connectivity index (χ1n) is 11.6. The van der Waals surface area contributed by atoms with Gasteiger partial charge in [-0.15, -0.1) is 0 Å². The molecule has 0 aliphatic carbocycles. The van der Waals surface area contributed by atoms with Gasteiger partial charge in [-0.05, 0) is 60.7 Å². The lowest BCUT2D eigenvalue weighted by Gasteiger charge is -2.37. The minimum absolute atomic E-state index is 0.133. The number of nitrogens with zero attached hydrogens (tertiary/aromatic N) is 4. The third-order valence-electron chi connectivity index (χ3n) is 6.39. The number of methoxy groups -OCH3 is 2. The van der Waals surface area contributed by atoms with Crippen molar-refractivity contribution in [3.63, 3.8) is 0 Å². The first kappa shape index (κ1) is 25.9. The molecule has 1 aliphatic rings. The Hall–Kier alpha value is -4.23. The van der Waals surface area contributed by atoms with Crippen molar-refractivity contribution in [1.29, 1.82) is 5.26 Å². The Morgan fingerprint density at radius 3 is 2.27 bits per heavy atom. The first-order chi connectivity index (χ1) is 17.8. The average Bonchev–Trinajstić information content (AvgIpc) is 2.96. The molecule has 1 fully saturated rings. The lowest BCUT2D eigenvalue weighted by atomic mass is 10.1. The Bertz CT molecular complexity index is 1430. The number of hydrogen-bond donors (Lipinski definition) is 0. The van der Waals surface area contributed by atoms with Gasteiger partial charge in [0, 0.05) is 38.8 Å². The summed E-state index contributed by atoms with van der Waals surface area (Å²) in [7, 11) is 0.753. The van der Waals surface area contributed by atoms with Gasteiger partial charge in [0.05, 0.1) is 42.1 Å². The highest BCUT2D eigenvalue weighted by atomic mass is 32.2. The van der Waals surface area contributed by atoms with Crippen molar-refractivity contribution < 1.29 is 22.7 Å². The van der Waals surface area contributed by atoms with Crippen molar-refractivity contribution in [1.82, 2.24) is 4.90 Å². The Labute approximate surface area is 217 Å². The molecule has 3 aromatic rings. The van der Waals surface area contributed by atoms with Crippen LogP contribution in [0.15, 0.2) is 71.6 Å². The van der Waals surface area contributed by atoms with Gasteiger partial charge in [-0.25, -0.2) is 8.42 Å². The van der Waals surface area contributed by atoms with Crippen LogP contribution >= 0.6 is 0 Å². The number of ether oxygens (including phenoxy) is 2. The van der Waals surface area contributed by atoms with Crippen molar-refractivity contribution in [2.24, 2.45) is 0 Å². The predicted octanol–water partition coefficient (Wildman–Crippen LogP) is 3.36. The maximum atomic E-state index is 13.4. The van der Waals surface area contributed by atoms with Crippen LogP contribution in [0, 0.1) is 11.3 Å². The van der Waals surface area contributed by atoms with Crippen LogP contribution in [-0.4, -0.2) is 66.7 Å². The number of carbonyl (C=O) groups excluding carboxylic acids is 1. The Morgan fingerprint density at radius 2 is 1.65 bits per heavy atom. The fourth-order valence-electron chi connectivity index (χ4n) is 4.22. The van der Waals surface area contributed by atoms with Gasteiger partial charge in [0.2, 0.25) is 0 Å². The van der Waals surface area contributed by atoms with E-state index in [4.69, 9.17) is 14.7 Å². The number of amides is 1. The normalized spacial score (nSPS) is 13.6.